The maximum atomic E-state index is 5.53. The Bertz CT molecular complexity index is 76.0. The van der Waals surface area contributed by atoms with E-state index in [0.29, 0.717) is 6.04 Å². The second-order valence-electron chi connectivity index (χ2n) is 2.74. The molecule has 0 heterocycles. The molecule has 3 N–H and O–H groups in total. The molecule has 0 aliphatic heterocycles. The lowest BCUT2D eigenvalue weighted by Gasteiger charge is -2.13. The van der Waals surface area contributed by atoms with Crippen LogP contribution in [0.4, 0.5) is 0 Å². The van der Waals surface area contributed by atoms with Gasteiger partial charge in [0.25, 0.3) is 0 Å². The largest absolute Gasteiger partial charge is 0.383 e. The van der Waals surface area contributed by atoms with Crippen LogP contribution in [-0.4, -0.2) is 32.3 Å². The SMILES string of the molecule is COCC(C)NCC(C)N. The number of nitrogens with one attached hydrogen (secondary N) is 1. The summed E-state index contributed by atoms with van der Waals surface area (Å²) in [5, 5.41) is 3.23. The van der Waals surface area contributed by atoms with E-state index in [4.69, 9.17) is 10.5 Å². The summed E-state index contributed by atoms with van der Waals surface area (Å²) >= 11 is 0. The fraction of sp³-hybridized carbons (Fsp3) is 1.00. The first-order valence-corrected chi connectivity index (χ1v) is 3.64. The fourth-order valence-electron chi connectivity index (χ4n) is 0.696. The molecule has 0 amide bonds. The van der Waals surface area contributed by atoms with Gasteiger partial charge >= 0.3 is 0 Å². The van der Waals surface area contributed by atoms with E-state index < -0.39 is 0 Å². The number of rotatable bonds is 5. The van der Waals surface area contributed by atoms with E-state index in [1.807, 2.05) is 6.92 Å². The van der Waals surface area contributed by atoms with E-state index in [9.17, 15) is 0 Å². The summed E-state index contributed by atoms with van der Waals surface area (Å²) in [5.74, 6) is 0. The van der Waals surface area contributed by atoms with Crippen molar-refractivity contribution in [2.24, 2.45) is 5.73 Å². The quantitative estimate of drug-likeness (QED) is 0.572. The van der Waals surface area contributed by atoms with Crippen LogP contribution in [0.2, 0.25) is 0 Å². The van der Waals surface area contributed by atoms with Crippen molar-refractivity contribution >= 4 is 0 Å². The second-order valence-corrected chi connectivity index (χ2v) is 2.74. The van der Waals surface area contributed by atoms with Gasteiger partial charge in [0, 0.05) is 25.7 Å². The lowest BCUT2D eigenvalue weighted by molar-refractivity contribution is 0.172. The third-order valence-corrected chi connectivity index (χ3v) is 1.20. The van der Waals surface area contributed by atoms with Gasteiger partial charge in [-0.1, -0.05) is 0 Å². The van der Waals surface area contributed by atoms with Gasteiger partial charge in [-0.2, -0.15) is 0 Å². The molecule has 0 aromatic heterocycles. The van der Waals surface area contributed by atoms with Gasteiger partial charge in [0.15, 0.2) is 0 Å². The maximum absolute atomic E-state index is 5.53. The van der Waals surface area contributed by atoms with Crippen molar-refractivity contribution in [3.63, 3.8) is 0 Å². The summed E-state index contributed by atoms with van der Waals surface area (Å²) in [7, 11) is 1.70. The van der Waals surface area contributed by atoms with E-state index in [1.165, 1.54) is 0 Å². The van der Waals surface area contributed by atoms with Crippen molar-refractivity contribution in [1.29, 1.82) is 0 Å². The average molecular weight is 146 g/mol. The molecule has 0 aliphatic rings. The molecule has 0 fully saturated rings. The van der Waals surface area contributed by atoms with Gasteiger partial charge in [0.2, 0.25) is 0 Å². The molecule has 3 heteroatoms. The molecule has 0 rings (SSSR count). The monoisotopic (exact) mass is 146 g/mol. The Morgan fingerprint density at radius 3 is 2.50 bits per heavy atom. The smallest absolute Gasteiger partial charge is 0.0613 e. The van der Waals surface area contributed by atoms with Gasteiger partial charge in [0.05, 0.1) is 6.61 Å². The molecule has 62 valence electrons. The summed E-state index contributed by atoms with van der Waals surface area (Å²) in [6.07, 6.45) is 0. The zero-order valence-electron chi connectivity index (χ0n) is 7.05. The third kappa shape index (κ3) is 6.01. The Labute approximate surface area is 62.9 Å². The van der Waals surface area contributed by atoms with Crippen LogP contribution in [0.25, 0.3) is 0 Å². The highest BCUT2D eigenvalue weighted by molar-refractivity contribution is 4.63. The Balaban J connectivity index is 3.12. The molecular weight excluding hydrogens is 128 g/mol. The van der Waals surface area contributed by atoms with Crippen molar-refractivity contribution in [2.45, 2.75) is 25.9 Å². The average Bonchev–Trinajstić information content (AvgIpc) is 1.85. The molecule has 0 saturated carbocycles. The predicted molar refractivity (Wildman–Crippen MR) is 43.0 cm³/mol. The standard InChI is InChI=1S/C7H18N2O/c1-6(8)4-9-7(2)5-10-3/h6-7,9H,4-5,8H2,1-3H3. The first-order valence-electron chi connectivity index (χ1n) is 3.64. The topological polar surface area (TPSA) is 47.3 Å². The Morgan fingerprint density at radius 2 is 2.10 bits per heavy atom. The Morgan fingerprint density at radius 1 is 1.50 bits per heavy atom. The number of nitrogens with two attached hydrogens (primary N) is 1. The molecule has 0 aromatic carbocycles. The highest BCUT2D eigenvalue weighted by atomic mass is 16.5. The predicted octanol–water partition coefficient (Wildman–Crippen LogP) is -0.0419. The van der Waals surface area contributed by atoms with Crippen LogP contribution in [-0.2, 0) is 4.74 Å². The van der Waals surface area contributed by atoms with Gasteiger partial charge in [-0.15, -0.1) is 0 Å². The normalized spacial score (nSPS) is 16.8. The maximum Gasteiger partial charge on any atom is 0.0613 e. The van der Waals surface area contributed by atoms with Crippen LogP contribution in [0.5, 0.6) is 0 Å². The zero-order valence-corrected chi connectivity index (χ0v) is 7.05. The minimum atomic E-state index is 0.222. The first-order chi connectivity index (χ1) is 4.66. The summed E-state index contributed by atoms with van der Waals surface area (Å²) in [4.78, 5) is 0. The van der Waals surface area contributed by atoms with Gasteiger partial charge in [-0.25, -0.2) is 0 Å². The van der Waals surface area contributed by atoms with E-state index in [-0.39, 0.29) is 6.04 Å². The summed E-state index contributed by atoms with van der Waals surface area (Å²) in [5.41, 5.74) is 5.53. The molecule has 3 nitrogen and oxygen atoms in total. The Kier molecular flexibility index (Phi) is 5.58. The van der Waals surface area contributed by atoms with E-state index in [2.05, 4.69) is 12.2 Å². The van der Waals surface area contributed by atoms with Crippen LogP contribution >= 0.6 is 0 Å². The van der Waals surface area contributed by atoms with E-state index in [0.717, 1.165) is 13.2 Å². The minimum absolute atomic E-state index is 0.222. The van der Waals surface area contributed by atoms with Crippen LogP contribution in [0.1, 0.15) is 13.8 Å². The first kappa shape index (κ1) is 9.88. The van der Waals surface area contributed by atoms with E-state index >= 15 is 0 Å². The van der Waals surface area contributed by atoms with Crippen LogP contribution in [0.15, 0.2) is 0 Å². The molecule has 0 aliphatic carbocycles. The lowest BCUT2D eigenvalue weighted by Crippen LogP contribution is -2.38. The fourth-order valence-corrected chi connectivity index (χ4v) is 0.696. The lowest BCUT2D eigenvalue weighted by atomic mass is 10.3. The Hall–Kier alpha value is -0.120. The van der Waals surface area contributed by atoms with Gasteiger partial charge in [-0.05, 0) is 13.8 Å². The van der Waals surface area contributed by atoms with Crippen LogP contribution in [0, 0.1) is 0 Å². The number of ether oxygens (including phenoxy) is 1. The molecule has 2 atom stereocenters. The molecular formula is C7H18N2O. The van der Waals surface area contributed by atoms with Gasteiger partial charge < -0.3 is 15.8 Å². The number of hydrogen-bond acceptors (Lipinski definition) is 3. The van der Waals surface area contributed by atoms with Crippen molar-refractivity contribution in [2.75, 3.05) is 20.3 Å². The summed E-state index contributed by atoms with van der Waals surface area (Å²) < 4.78 is 4.93. The summed E-state index contributed by atoms with van der Waals surface area (Å²) in [6.45, 7) is 5.65. The van der Waals surface area contributed by atoms with E-state index in [1.54, 1.807) is 7.11 Å². The van der Waals surface area contributed by atoms with Gasteiger partial charge in [-0.3, -0.25) is 0 Å². The molecule has 0 saturated heterocycles. The number of hydrogen-bond donors (Lipinski definition) is 2. The van der Waals surface area contributed by atoms with Crippen molar-refractivity contribution in [3.05, 3.63) is 0 Å². The van der Waals surface area contributed by atoms with Crippen molar-refractivity contribution < 1.29 is 4.74 Å². The van der Waals surface area contributed by atoms with Gasteiger partial charge in [0.1, 0.15) is 0 Å². The highest BCUT2D eigenvalue weighted by Crippen LogP contribution is 1.81. The second kappa shape index (κ2) is 5.65. The van der Waals surface area contributed by atoms with Crippen LogP contribution in [0.3, 0.4) is 0 Å². The molecule has 0 spiro atoms. The minimum Gasteiger partial charge on any atom is -0.383 e. The molecule has 2 unspecified atom stereocenters. The third-order valence-electron chi connectivity index (χ3n) is 1.20. The highest BCUT2D eigenvalue weighted by Gasteiger charge is 1.99. The molecule has 0 bridgehead atoms. The number of methoxy groups -OCH3 is 1. The zero-order chi connectivity index (χ0) is 7.98. The van der Waals surface area contributed by atoms with Crippen molar-refractivity contribution in [3.8, 4) is 0 Å². The summed E-state index contributed by atoms with van der Waals surface area (Å²) in [6, 6.07) is 0.621. The molecule has 0 radical (unpaired) electrons. The van der Waals surface area contributed by atoms with Crippen molar-refractivity contribution in [1.82, 2.24) is 5.32 Å². The molecule has 10 heavy (non-hydrogen) atoms. The van der Waals surface area contributed by atoms with Crippen LogP contribution < -0.4 is 11.1 Å². The molecule has 0 aromatic rings.